The third kappa shape index (κ3) is 1.76. The van der Waals surface area contributed by atoms with Crippen LogP contribution in [0.25, 0.3) is 22.3 Å². The van der Waals surface area contributed by atoms with Crippen molar-refractivity contribution >= 4 is 11.0 Å². The first-order valence-corrected chi connectivity index (χ1v) is 5.83. The minimum Gasteiger partial charge on any atom is -0.869 e. The van der Waals surface area contributed by atoms with E-state index >= 15 is 0 Å². The van der Waals surface area contributed by atoms with E-state index in [9.17, 15) is 20.1 Å². The minimum absolute atomic E-state index is 0.0587. The Balaban J connectivity index is 2.36. The molecule has 0 aliphatic carbocycles. The van der Waals surface area contributed by atoms with Gasteiger partial charge in [0, 0.05) is 17.7 Å². The van der Waals surface area contributed by atoms with Crippen LogP contribution in [-0.2, 0) is 0 Å². The Morgan fingerprint density at radius 2 is 1.75 bits per heavy atom. The lowest BCUT2D eigenvalue weighted by Gasteiger charge is -2.13. The molecule has 1 heterocycles. The normalized spacial score (nSPS) is 10.8. The van der Waals surface area contributed by atoms with Gasteiger partial charge in [-0.15, -0.1) is 0 Å². The van der Waals surface area contributed by atoms with Gasteiger partial charge < -0.3 is 19.7 Å². The lowest BCUT2D eigenvalue weighted by molar-refractivity contribution is -0.267. The molecule has 3 aromatic rings. The molecule has 0 aliphatic rings. The number of rotatable bonds is 1. The lowest BCUT2D eigenvalue weighted by Crippen LogP contribution is -2.05. The van der Waals surface area contributed by atoms with Crippen molar-refractivity contribution in [2.45, 2.75) is 0 Å². The number of aromatic hydroxyl groups is 2. The molecule has 0 fully saturated rings. The maximum atomic E-state index is 12.0. The first-order chi connectivity index (χ1) is 9.58. The summed E-state index contributed by atoms with van der Waals surface area (Å²) in [5.41, 5.74) is 0.0496. The quantitative estimate of drug-likeness (QED) is 0.658. The number of phenolic OH excluding ortho intramolecular Hbond substituents is 2. The lowest BCUT2D eigenvalue weighted by atomic mass is 10.1. The van der Waals surface area contributed by atoms with Crippen molar-refractivity contribution in [2.75, 3.05) is 0 Å². The van der Waals surface area contributed by atoms with E-state index in [1.807, 2.05) is 6.07 Å². The van der Waals surface area contributed by atoms with Crippen molar-refractivity contribution in [1.82, 2.24) is 0 Å². The van der Waals surface area contributed by atoms with E-state index in [1.165, 1.54) is 6.07 Å². The van der Waals surface area contributed by atoms with E-state index in [0.717, 1.165) is 6.07 Å². The fraction of sp³-hybridized carbons (Fsp3) is 0. The highest BCUT2D eigenvalue weighted by atomic mass is 16.3. The molecule has 1 aromatic heterocycles. The Morgan fingerprint density at radius 1 is 1.05 bits per heavy atom. The highest BCUT2D eigenvalue weighted by Gasteiger charge is 2.12. The van der Waals surface area contributed by atoms with Crippen molar-refractivity contribution in [3.8, 4) is 28.6 Å². The van der Waals surface area contributed by atoms with Crippen molar-refractivity contribution in [2.24, 2.45) is 0 Å². The summed E-state index contributed by atoms with van der Waals surface area (Å²) in [4.78, 5) is 12.0. The first-order valence-electron chi connectivity index (χ1n) is 5.83. The van der Waals surface area contributed by atoms with E-state index in [4.69, 9.17) is 4.42 Å². The molecule has 0 amide bonds. The van der Waals surface area contributed by atoms with Gasteiger partial charge in [0.15, 0.2) is 11.2 Å². The predicted molar refractivity (Wildman–Crippen MR) is 70.7 cm³/mol. The standard InChI is InChI=1S/C15H10O5/c16-9-6-11(8-4-2-1-3-5-8)20-12-7-10(17)14(18)15(19)13(9)12/h1-7,17-19H/p-1. The molecule has 2 N–H and O–H groups in total. The summed E-state index contributed by atoms with van der Waals surface area (Å²) in [6.07, 6.45) is 0. The Morgan fingerprint density at radius 3 is 2.45 bits per heavy atom. The fourth-order valence-corrected chi connectivity index (χ4v) is 2.01. The molecule has 0 saturated carbocycles. The molecular formula is C15H9O5-. The Hall–Kier alpha value is -2.95. The zero-order valence-corrected chi connectivity index (χ0v) is 10.2. The third-order valence-electron chi connectivity index (χ3n) is 2.99. The monoisotopic (exact) mass is 269 g/mol. The minimum atomic E-state index is -0.937. The third-order valence-corrected chi connectivity index (χ3v) is 2.99. The van der Waals surface area contributed by atoms with Gasteiger partial charge in [0.1, 0.15) is 17.1 Å². The number of hydrogen-bond donors (Lipinski definition) is 2. The van der Waals surface area contributed by atoms with Gasteiger partial charge in [0.05, 0.1) is 5.39 Å². The van der Waals surface area contributed by atoms with Gasteiger partial charge in [-0.1, -0.05) is 30.3 Å². The highest BCUT2D eigenvalue weighted by Crippen LogP contribution is 2.38. The van der Waals surface area contributed by atoms with Crippen molar-refractivity contribution in [1.29, 1.82) is 0 Å². The molecule has 0 spiro atoms. The second kappa shape index (κ2) is 4.31. The fourth-order valence-electron chi connectivity index (χ4n) is 2.01. The van der Waals surface area contributed by atoms with Gasteiger partial charge in [-0.3, -0.25) is 4.79 Å². The molecule has 0 radical (unpaired) electrons. The molecule has 20 heavy (non-hydrogen) atoms. The van der Waals surface area contributed by atoms with E-state index in [0.29, 0.717) is 5.56 Å². The Bertz CT molecular complexity index is 850. The van der Waals surface area contributed by atoms with Crippen molar-refractivity contribution in [3.05, 3.63) is 52.7 Å². The molecule has 5 heteroatoms. The molecular weight excluding hydrogens is 260 g/mol. The molecule has 0 aliphatic heterocycles. The van der Waals surface area contributed by atoms with Crippen LogP contribution in [0.4, 0.5) is 0 Å². The molecule has 0 unspecified atom stereocenters. The van der Waals surface area contributed by atoms with Crippen LogP contribution in [0.3, 0.4) is 0 Å². The van der Waals surface area contributed by atoms with E-state index in [1.54, 1.807) is 24.3 Å². The van der Waals surface area contributed by atoms with E-state index in [2.05, 4.69) is 0 Å². The Kier molecular flexibility index (Phi) is 2.61. The van der Waals surface area contributed by atoms with Crippen LogP contribution in [0.15, 0.2) is 51.7 Å². The van der Waals surface area contributed by atoms with Crippen LogP contribution >= 0.6 is 0 Å². The van der Waals surface area contributed by atoms with Gasteiger partial charge in [-0.25, -0.2) is 0 Å². The maximum absolute atomic E-state index is 12.0. The topological polar surface area (TPSA) is 93.7 Å². The molecule has 2 aromatic carbocycles. The number of phenols is 2. The molecule has 0 atom stereocenters. The van der Waals surface area contributed by atoms with Crippen LogP contribution in [0, 0.1) is 0 Å². The highest BCUT2D eigenvalue weighted by molar-refractivity contribution is 5.88. The van der Waals surface area contributed by atoms with Crippen molar-refractivity contribution in [3.63, 3.8) is 0 Å². The molecule has 0 saturated heterocycles. The van der Waals surface area contributed by atoms with Crippen LogP contribution in [-0.4, -0.2) is 10.2 Å². The summed E-state index contributed by atoms with van der Waals surface area (Å²) in [7, 11) is 0. The van der Waals surface area contributed by atoms with Crippen LogP contribution in [0.5, 0.6) is 17.2 Å². The summed E-state index contributed by atoms with van der Waals surface area (Å²) in [6, 6.07) is 11.1. The van der Waals surface area contributed by atoms with Crippen LogP contribution < -0.4 is 10.5 Å². The number of benzene rings is 2. The van der Waals surface area contributed by atoms with E-state index < -0.39 is 22.7 Å². The number of fused-ring (bicyclic) bond motifs is 1. The maximum Gasteiger partial charge on any atom is 0.192 e. The van der Waals surface area contributed by atoms with Gasteiger partial charge in [0.2, 0.25) is 0 Å². The second-order valence-electron chi connectivity index (χ2n) is 4.29. The van der Waals surface area contributed by atoms with Crippen molar-refractivity contribution < 1.29 is 19.7 Å². The first kappa shape index (κ1) is 12.1. The van der Waals surface area contributed by atoms with Crippen LogP contribution in [0.2, 0.25) is 0 Å². The van der Waals surface area contributed by atoms with Gasteiger partial charge >= 0.3 is 0 Å². The van der Waals surface area contributed by atoms with Gasteiger partial charge in [0.25, 0.3) is 0 Å². The number of hydrogen-bond acceptors (Lipinski definition) is 5. The van der Waals surface area contributed by atoms with Gasteiger partial charge in [-0.05, 0) is 5.75 Å². The zero-order chi connectivity index (χ0) is 14.3. The smallest absolute Gasteiger partial charge is 0.192 e. The summed E-state index contributed by atoms with van der Waals surface area (Å²) >= 11 is 0. The van der Waals surface area contributed by atoms with Gasteiger partial charge in [-0.2, -0.15) is 0 Å². The summed E-state index contributed by atoms with van der Waals surface area (Å²) in [5, 5.41) is 30.3. The molecule has 0 bridgehead atoms. The predicted octanol–water partition coefficient (Wildman–Crippen LogP) is 1.94. The second-order valence-corrected chi connectivity index (χ2v) is 4.29. The molecule has 5 nitrogen and oxygen atoms in total. The van der Waals surface area contributed by atoms with E-state index in [-0.39, 0.29) is 16.7 Å². The average Bonchev–Trinajstić information content (AvgIpc) is 2.45. The molecule has 100 valence electrons. The zero-order valence-electron chi connectivity index (χ0n) is 10.2. The van der Waals surface area contributed by atoms with Crippen LogP contribution in [0.1, 0.15) is 0 Å². The average molecular weight is 269 g/mol. The summed E-state index contributed by atoms with van der Waals surface area (Å²) in [5.74, 6) is -2.12. The Labute approximate surface area is 113 Å². The molecule has 3 rings (SSSR count). The SMILES string of the molecule is O=c1cc(-c2ccccc2)oc2cc(O)c(O)c([O-])c12. The summed E-state index contributed by atoms with van der Waals surface area (Å²) < 4.78 is 5.47. The summed E-state index contributed by atoms with van der Waals surface area (Å²) in [6.45, 7) is 0. The largest absolute Gasteiger partial charge is 0.869 e.